The van der Waals surface area contributed by atoms with Crippen molar-refractivity contribution in [2.75, 3.05) is 6.54 Å². The van der Waals surface area contributed by atoms with Gasteiger partial charge in [-0.1, -0.05) is 6.42 Å². The molecule has 0 saturated heterocycles. The van der Waals surface area contributed by atoms with Crippen LogP contribution in [0.2, 0.25) is 0 Å². The van der Waals surface area contributed by atoms with E-state index in [1.165, 1.54) is 12.3 Å². The maximum absolute atomic E-state index is 11.9. The van der Waals surface area contributed by atoms with Gasteiger partial charge in [-0.15, -0.1) is 0 Å². The molecule has 2 rings (SSSR count). The van der Waals surface area contributed by atoms with E-state index in [1.54, 1.807) is 12.3 Å². The van der Waals surface area contributed by atoms with Crippen LogP contribution in [0, 0.1) is 5.92 Å². The minimum Gasteiger partial charge on any atom is -0.327 e. The molecule has 5 nitrogen and oxygen atoms in total. The Bertz CT molecular complexity index is 461. The average Bonchev–Trinajstić information content (AvgIpc) is 2.74. The summed E-state index contributed by atoms with van der Waals surface area (Å²) in [5, 5.41) is 0. The van der Waals surface area contributed by atoms with Crippen molar-refractivity contribution in [3.8, 4) is 0 Å². The van der Waals surface area contributed by atoms with Crippen molar-refractivity contribution in [1.29, 1.82) is 0 Å². The predicted octanol–water partition coefficient (Wildman–Crippen LogP) is 0.487. The number of nitrogens with one attached hydrogen (secondary N) is 1. The first-order valence-corrected chi connectivity index (χ1v) is 7.23. The summed E-state index contributed by atoms with van der Waals surface area (Å²) in [6.45, 7) is 0.415. The molecule has 0 aliphatic heterocycles. The van der Waals surface area contributed by atoms with Crippen LogP contribution in [0.1, 0.15) is 19.3 Å². The van der Waals surface area contributed by atoms with E-state index >= 15 is 0 Å². The van der Waals surface area contributed by atoms with Crippen molar-refractivity contribution >= 4 is 10.0 Å². The number of pyridine rings is 1. The molecule has 1 aliphatic carbocycles. The first-order valence-electron chi connectivity index (χ1n) is 5.75. The van der Waals surface area contributed by atoms with E-state index in [-0.39, 0.29) is 16.9 Å². The van der Waals surface area contributed by atoms with Gasteiger partial charge in [0.1, 0.15) is 4.90 Å². The first-order chi connectivity index (χ1) is 8.09. The van der Waals surface area contributed by atoms with Crippen LogP contribution < -0.4 is 10.5 Å². The second-order valence-electron chi connectivity index (χ2n) is 4.40. The molecule has 2 atom stereocenters. The fourth-order valence-electron chi connectivity index (χ4n) is 2.13. The van der Waals surface area contributed by atoms with Crippen LogP contribution in [-0.2, 0) is 10.0 Å². The van der Waals surface area contributed by atoms with E-state index in [2.05, 4.69) is 9.71 Å². The van der Waals surface area contributed by atoms with E-state index < -0.39 is 10.0 Å². The molecule has 0 radical (unpaired) electrons. The van der Waals surface area contributed by atoms with Crippen molar-refractivity contribution in [2.45, 2.75) is 30.2 Å². The van der Waals surface area contributed by atoms with Gasteiger partial charge < -0.3 is 5.73 Å². The van der Waals surface area contributed by atoms with Gasteiger partial charge in [-0.3, -0.25) is 4.98 Å². The van der Waals surface area contributed by atoms with Crippen LogP contribution in [0.25, 0.3) is 0 Å². The lowest BCUT2D eigenvalue weighted by molar-refractivity contribution is 0.469. The summed E-state index contributed by atoms with van der Waals surface area (Å²) in [7, 11) is -3.44. The van der Waals surface area contributed by atoms with Crippen LogP contribution in [0.15, 0.2) is 29.4 Å². The van der Waals surface area contributed by atoms with Gasteiger partial charge >= 0.3 is 0 Å². The number of nitrogens with two attached hydrogens (primary N) is 1. The Morgan fingerprint density at radius 2 is 2.29 bits per heavy atom. The molecule has 3 N–H and O–H groups in total. The first kappa shape index (κ1) is 12.5. The lowest BCUT2D eigenvalue weighted by Gasteiger charge is -2.15. The minimum absolute atomic E-state index is 0.117. The Hall–Kier alpha value is -0.980. The maximum atomic E-state index is 11.9. The number of hydrogen-bond acceptors (Lipinski definition) is 4. The lowest BCUT2D eigenvalue weighted by Crippen LogP contribution is -2.36. The zero-order chi connectivity index (χ0) is 12.3. The second kappa shape index (κ2) is 5.12. The van der Waals surface area contributed by atoms with Crippen molar-refractivity contribution in [1.82, 2.24) is 9.71 Å². The third-order valence-corrected chi connectivity index (χ3v) is 4.61. The maximum Gasteiger partial charge on any atom is 0.242 e. The van der Waals surface area contributed by atoms with E-state index in [0.717, 1.165) is 19.3 Å². The highest BCUT2D eigenvalue weighted by molar-refractivity contribution is 7.89. The number of nitrogens with zero attached hydrogens (tertiary/aromatic N) is 1. The highest BCUT2D eigenvalue weighted by Crippen LogP contribution is 2.23. The van der Waals surface area contributed by atoms with Crippen LogP contribution in [-0.4, -0.2) is 26.0 Å². The molecule has 0 spiro atoms. The van der Waals surface area contributed by atoms with E-state index in [1.807, 2.05) is 0 Å². The molecular formula is C11H17N3O2S. The second-order valence-corrected chi connectivity index (χ2v) is 6.16. The van der Waals surface area contributed by atoms with Crippen LogP contribution in [0.5, 0.6) is 0 Å². The molecule has 17 heavy (non-hydrogen) atoms. The molecule has 1 saturated carbocycles. The molecule has 1 aromatic rings. The molecule has 2 unspecified atom stereocenters. The van der Waals surface area contributed by atoms with Gasteiger partial charge in [0.25, 0.3) is 0 Å². The summed E-state index contributed by atoms with van der Waals surface area (Å²) in [6.07, 6.45) is 5.96. The number of rotatable bonds is 4. The molecule has 1 heterocycles. The SMILES string of the molecule is NC1CCCC1CNS(=O)(=O)c1cccnc1. The summed E-state index contributed by atoms with van der Waals surface area (Å²) in [5.74, 6) is 0.251. The minimum atomic E-state index is -3.44. The van der Waals surface area contributed by atoms with Gasteiger partial charge in [-0.05, 0) is 30.9 Å². The Balaban J connectivity index is 1.99. The van der Waals surface area contributed by atoms with Gasteiger partial charge in [0.05, 0.1) is 0 Å². The largest absolute Gasteiger partial charge is 0.327 e. The Morgan fingerprint density at radius 1 is 1.47 bits per heavy atom. The number of aromatic nitrogens is 1. The molecule has 1 aliphatic rings. The van der Waals surface area contributed by atoms with Crippen molar-refractivity contribution in [3.05, 3.63) is 24.5 Å². The van der Waals surface area contributed by atoms with Gasteiger partial charge in [0, 0.05) is 25.0 Å². The third-order valence-electron chi connectivity index (χ3n) is 3.20. The molecule has 0 amide bonds. The summed E-state index contributed by atoms with van der Waals surface area (Å²) >= 11 is 0. The van der Waals surface area contributed by atoms with Crippen molar-refractivity contribution in [2.24, 2.45) is 11.7 Å². The number of hydrogen-bond donors (Lipinski definition) is 2. The third kappa shape index (κ3) is 3.02. The highest BCUT2D eigenvalue weighted by atomic mass is 32.2. The van der Waals surface area contributed by atoms with Gasteiger partial charge in [0.2, 0.25) is 10.0 Å². The van der Waals surface area contributed by atoms with Crippen molar-refractivity contribution < 1.29 is 8.42 Å². The van der Waals surface area contributed by atoms with E-state index in [9.17, 15) is 8.42 Å². The molecule has 0 bridgehead atoms. The smallest absolute Gasteiger partial charge is 0.242 e. The fraction of sp³-hybridized carbons (Fsp3) is 0.545. The zero-order valence-electron chi connectivity index (χ0n) is 9.54. The van der Waals surface area contributed by atoms with Crippen molar-refractivity contribution in [3.63, 3.8) is 0 Å². The average molecular weight is 255 g/mol. The molecule has 1 aromatic heterocycles. The van der Waals surface area contributed by atoms with Gasteiger partial charge in [-0.2, -0.15) is 0 Å². The topological polar surface area (TPSA) is 85.1 Å². The quantitative estimate of drug-likeness (QED) is 0.820. The molecule has 6 heteroatoms. The van der Waals surface area contributed by atoms with Gasteiger partial charge in [0.15, 0.2) is 0 Å². The van der Waals surface area contributed by atoms with Gasteiger partial charge in [-0.25, -0.2) is 13.1 Å². The van der Waals surface area contributed by atoms with Crippen LogP contribution in [0.4, 0.5) is 0 Å². The standard InChI is InChI=1S/C11H17N3O2S/c12-11-5-1-3-9(11)7-14-17(15,16)10-4-2-6-13-8-10/h2,4,6,8-9,11,14H,1,3,5,7,12H2. The normalized spacial score (nSPS) is 25.0. The predicted molar refractivity (Wildman–Crippen MR) is 64.7 cm³/mol. The molecule has 94 valence electrons. The zero-order valence-corrected chi connectivity index (χ0v) is 10.4. The van der Waals surface area contributed by atoms with Crippen LogP contribution >= 0.6 is 0 Å². The highest BCUT2D eigenvalue weighted by Gasteiger charge is 2.25. The Kier molecular flexibility index (Phi) is 3.76. The van der Waals surface area contributed by atoms with E-state index in [4.69, 9.17) is 5.73 Å². The molecule has 0 aromatic carbocycles. The van der Waals surface area contributed by atoms with Crippen LogP contribution in [0.3, 0.4) is 0 Å². The Labute approximate surface area is 101 Å². The molecule has 1 fully saturated rings. The van der Waals surface area contributed by atoms with E-state index in [0.29, 0.717) is 6.54 Å². The summed E-state index contributed by atoms with van der Waals surface area (Å²) in [6, 6.07) is 3.26. The summed E-state index contributed by atoms with van der Waals surface area (Å²) in [5.41, 5.74) is 5.90. The summed E-state index contributed by atoms with van der Waals surface area (Å²) in [4.78, 5) is 4.00. The lowest BCUT2D eigenvalue weighted by atomic mass is 10.1. The summed E-state index contributed by atoms with van der Waals surface area (Å²) < 4.78 is 26.4. The number of sulfonamides is 1. The monoisotopic (exact) mass is 255 g/mol. The Morgan fingerprint density at radius 3 is 2.88 bits per heavy atom. The fourth-order valence-corrected chi connectivity index (χ4v) is 3.18. The molecular weight excluding hydrogens is 238 g/mol.